The minimum atomic E-state index is 0.241. The second kappa shape index (κ2) is 10.5. The molecule has 0 amide bonds. The summed E-state index contributed by atoms with van der Waals surface area (Å²) in [6.07, 6.45) is 11.2. The minimum absolute atomic E-state index is 0.241. The number of nitrogens with zero attached hydrogens (tertiary/aromatic N) is 4. The van der Waals surface area contributed by atoms with Crippen LogP contribution in [0.5, 0.6) is 0 Å². The van der Waals surface area contributed by atoms with E-state index < -0.39 is 0 Å². The lowest BCUT2D eigenvalue weighted by Gasteiger charge is -2.31. The summed E-state index contributed by atoms with van der Waals surface area (Å²) < 4.78 is 0. The van der Waals surface area contributed by atoms with Crippen LogP contribution in [0.4, 0.5) is 0 Å². The van der Waals surface area contributed by atoms with E-state index in [9.17, 15) is 0 Å². The van der Waals surface area contributed by atoms with E-state index in [-0.39, 0.29) is 11.8 Å². The first-order chi connectivity index (χ1) is 24.8. The lowest BCUT2D eigenvalue weighted by atomic mass is 9.76. The van der Waals surface area contributed by atoms with Gasteiger partial charge in [0.25, 0.3) is 0 Å². The van der Waals surface area contributed by atoms with Gasteiger partial charge in [0.1, 0.15) is 0 Å². The molecule has 3 aliphatic carbocycles. The highest BCUT2D eigenvalue weighted by atomic mass is 14.9. The third-order valence-electron chi connectivity index (χ3n) is 10.7. The molecule has 3 aliphatic rings. The molecule has 2 heterocycles. The first-order valence-electron chi connectivity index (χ1n) is 17.2. The normalized spacial score (nSPS) is 18.2. The van der Waals surface area contributed by atoms with Crippen molar-refractivity contribution < 1.29 is 0 Å². The van der Waals surface area contributed by atoms with Crippen LogP contribution in [0.15, 0.2) is 144 Å². The van der Waals surface area contributed by atoms with Crippen molar-refractivity contribution in [2.24, 2.45) is 16.8 Å². The summed E-state index contributed by atoms with van der Waals surface area (Å²) in [5.41, 5.74) is 14.2. The Morgan fingerprint density at radius 3 is 2.22 bits per heavy atom. The van der Waals surface area contributed by atoms with Crippen LogP contribution in [0.1, 0.15) is 22.5 Å². The van der Waals surface area contributed by atoms with Crippen molar-refractivity contribution in [3.05, 3.63) is 167 Å². The highest BCUT2D eigenvalue weighted by Gasteiger charge is 2.42. The molecule has 8 aromatic rings. The zero-order chi connectivity index (χ0) is 32.8. The zero-order valence-corrected chi connectivity index (χ0v) is 27.1. The molecule has 2 N–H and O–H groups in total. The molecule has 6 heteroatoms. The van der Waals surface area contributed by atoms with Crippen LogP contribution in [-0.2, 0) is 13.1 Å². The standard InChI is InChI=1S/C44H30N6/c1-3-13-37-35(11-1)47-41-29-9-5-7-27-33(21-19-31(39(27)29)43(41)49-37)45-23-25-15-17-26(18-16-25)24-46-34-22-20-32-40-28(34)8-6-10-30(40)42-44(32)50-38-14-4-2-12-36(38)48-42/h1-22,27,39,45,50H,23-24H2. The average Bonchev–Trinajstić information content (AvgIpc) is 3.66. The van der Waals surface area contributed by atoms with Crippen LogP contribution in [0.3, 0.4) is 0 Å². The molecule has 11 rings (SSSR count). The molecular formula is C44H30N6. The van der Waals surface area contributed by atoms with Gasteiger partial charge in [0.05, 0.1) is 56.4 Å². The Kier molecular flexibility index (Phi) is 5.81. The van der Waals surface area contributed by atoms with E-state index in [4.69, 9.17) is 19.9 Å². The van der Waals surface area contributed by atoms with E-state index in [1.807, 2.05) is 36.4 Å². The maximum Gasteiger partial charge on any atom is 0.0957 e. The Hall–Kier alpha value is -6.40. The summed E-state index contributed by atoms with van der Waals surface area (Å²) in [5, 5.41) is 9.51. The van der Waals surface area contributed by atoms with Gasteiger partial charge in [-0.05, 0) is 58.7 Å². The van der Waals surface area contributed by atoms with Crippen molar-refractivity contribution in [2.45, 2.75) is 13.1 Å². The molecule has 0 saturated carbocycles. The molecular weight excluding hydrogens is 613 g/mol. The number of aromatic nitrogens is 4. The molecule has 0 saturated heterocycles. The van der Waals surface area contributed by atoms with Gasteiger partial charge in [-0.2, -0.15) is 0 Å². The number of fused-ring (bicyclic) bond motifs is 8. The molecule has 2 atom stereocenters. The van der Waals surface area contributed by atoms with Gasteiger partial charge >= 0.3 is 0 Å². The third-order valence-corrected chi connectivity index (χ3v) is 10.7. The number of H-pyrrole nitrogens is 1. The fraction of sp³-hybridized carbons (Fsp3) is 0.0909. The van der Waals surface area contributed by atoms with E-state index in [2.05, 4.69) is 107 Å². The second-order valence-electron chi connectivity index (χ2n) is 13.5. The van der Waals surface area contributed by atoms with Crippen molar-refractivity contribution in [3.8, 4) is 0 Å². The Balaban J connectivity index is 0.843. The number of nitrogens with one attached hydrogen (secondary N) is 2. The largest absolute Gasteiger partial charge is 0.384 e. The molecule has 236 valence electrons. The predicted molar refractivity (Wildman–Crippen MR) is 202 cm³/mol. The fourth-order valence-corrected chi connectivity index (χ4v) is 8.27. The number of rotatable bonds is 5. The number of para-hydroxylation sites is 4. The summed E-state index contributed by atoms with van der Waals surface area (Å²) in [6.45, 7) is 1.37. The van der Waals surface area contributed by atoms with Crippen LogP contribution in [0.25, 0.3) is 65.8 Å². The van der Waals surface area contributed by atoms with Crippen LogP contribution in [0, 0.1) is 11.8 Å². The molecule has 0 bridgehead atoms. The summed E-state index contributed by atoms with van der Waals surface area (Å²) in [6, 6.07) is 36.0. The summed E-state index contributed by atoms with van der Waals surface area (Å²) in [4.78, 5) is 23.9. The Morgan fingerprint density at radius 2 is 1.38 bits per heavy atom. The van der Waals surface area contributed by atoms with E-state index in [1.165, 1.54) is 44.1 Å². The number of aromatic amines is 1. The number of allylic oxidation sites excluding steroid dienone is 7. The average molecular weight is 643 g/mol. The third kappa shape index (κ3) is 4.08. The smallest absolute Gasteiger partial charge is 0.0957 e. The van der Waals surface area contributed by atoms with Crippen molar-refractivity contribution in [1.29, 1.82) is 0 Å². The fourth-order valence-electron chi connectivity index (χ4n) is 8.27. The number of hydrogen-bond acceptors (Lipinski definition) is 5. The lowest BCUT2D eigenvalue weighted by molar-refractivity contribution is 0.594. The van der Waals surface area contributed by atoms with Crippen LogP contribution in [0.2, 0.25) is 0 Å². The van der Waals surface area contributed by atoms with Gasteiger partial charge in [0.2, 0.25) is 0 Å². The van der Waals surface area contributed by atoms with E-state index in [0.29, 0.717) is 6.54 Å². The number of hydrogen-bond donors (Lipinski definition) is 2. The van der Waals surface area contributed by atoms with Gasteiger partial charge in [0.15, 0.2) is 0 Å². The summed E-state index contributed by atoms with van der Waals surface area (Å²) in [5.74, 6) is 0.489. The van der Waals surface area contributed by atoms with Gasteiger partial charge in [-0.15, -0.1) is 0 Å². The van der Waals surface area contributed by atoms with E-state index in [0.717, 1.165) is 61.8 Å². The topological polar surface area (TPSA) is 78.9 Å². The molecule has 2 aromatic heterocycles. The summed E-state index contributed by atoms with van der Waals surface area (Å²) >= 11 is 0. The SMILES string of the molecule is C1=CC2C(NCc3ccc(CN=c4ccc5c6[nH]c7ccccc7nc6c6cccc4c65)cc3)=CC=C3c4nc5ccccc5nc4C(=C1)C32. The van der Waals surface area contributed by atoms with E-state index >= 15 is 0 Å². The highest BCUT2D eigenvalue weighted by Crippen LogP contribution is 2.53. The first-order valence-corrected chi connectivity index (χ1v) is 17.2. The van der Waals surface area contributed by atoms with Gasteiger partial charge in [-0.3, -0.25) is 4.99 Å². The highest BCUT2D eigenvalue weighted by molar-refractivity contribution is 6.28. The van der Waals surface area contributed by atoms with Crippen molar-refractivity contribution in [2.75, 3.05) is 0 Å². The molecule has 6 nitrogen and oxygen atoms in total. The lowest BCUT2D eigenvalue weighted by Crippen LogP contribution is -2.27. The van der Waals surface area contributed by atoms with Gasteiger partial charge < -0.3 is 10.3 Å². The summed E-state index contributed by atoms with van der Waals surface area (Å²) in [7, 11) is 0. The van der Waals surface area contributed by atoms with E-state index in [1.54, 1.807) is 0 Å². The van der Waals surface area contributed by atoms with Gasteiger partial charge in [0, 0.05) is 45.6 Å². The molecule has 0 radical (unpaired) electrons. The molecule has 50 heavy (non-hydrogen) atoms. The quantitative estimate of drug-likeness (QED) is 0.197. The molecule has 0 spiro atoms. The Bertz CT molecular complexity index is 2850. The Morgan fingerprint density at radius 1 is 0.640 bits per heavy atom. The maximum absolute atomic E-state index is 5.10. The monoisotopic (exact) mass is 642 g/mol. The minimum Gasteiger partial charge on any atom is -0.384 e. The molecule has 2 unspecified atom stereocenters. The maximum atomic E-state index is 5.10. The molecule has 0 aliphatic heterocycles. The van der Waals surface area contributed by atoms with Crippen molar-refractivity contribution in [1.82, 2.24) is 25.3 Å². The van der Waals surface area contributed by atoms with Crippen molar-refractivity contribution >= 4 is 65.8 Å². The number of benzene rings is 5. The van der Waals surface area contributed by atoms with Gasteiger partial charge in [-0.25, -0.2) is 15.0 Å². The van der Waals surface area contributed by atoms with Crippen LogP contribution in [-0.4, -0.2) is 19.9 Å². The first kappa shape index (κ1) is 27.5. The van der Waals surface area contributed by atoms with Gasteiger partial charge in [-0.1, -0.05) is 97.1 Å². The Labute approximate surface area is 287 Å². The van der Waals surface area contributed by atoms with Crippen LogP contribution < -0.4 is 10.7 Å². The molecule has 0 fully saturated rings. The van der Waals surface area contributed by atoms with Crippen LogP contribution >= 0.6 is 0 Å². The predicted octanol–water partition coefficient (Wildman–Crippen LogP) is 8.77. The molecule has 6 aromatic carbocycles. The zero-order valence-electron chi connectivity index (χ0n) is 27.1. The van der Waals surface area contributed by atoms with Crippen molar-refractivity contribution in [3.63, 3.8) is 0 Å². The second-order valence-corrected chi connectivity index (χ2v) is 13.5.